The fraction of sp³-hybridized carbons (Fsp3) is 0.150. The minimum atomic E-state index is -0.222. The summed E-state index contributed by atoms with van der Waals surface area (Å²) in [7, 11) is 0. The molecule has 0 spiro atoms. The molecule has 1 aromatic heterocycles. The molecule has 0 saturated carbocycles. The molecule has 0 unspecified atom stereocenters. The van der Waals surface area contributed by atoms with Gasteiger partial charge in [0.05, 0.1) is 5.75 Å². The molecule has 1 N–H and O–H groups in total. The third-order valence-corrected chi connectivity index (χ3v) is 4.64. The maximum Gasteiger partial charge on any atom is 0.251 e. The highest BCUT2D eigenvalue weighted by atomic mass is 32.2. The van der Waals surface area contributed by atoms with E-state index in [4.69, 9.17) is 0 Å². The number of rotatable bonds is 7. The van der Waals surface area contributed by atoms with Crippen LogP contribution in [0.2, 0.25) is 0 Å². The highest BCUT2D eigenvalue weighted by Crippen LogP contribution is 2.15. The Labute approximate surface area is 156 Å². The maximum absolute atomic E-state index is 12.8. The van der Waals surface area contributed by atoms with Gasteiger partial charge in [0.15, 0.2) is 5.16 Å². The molecule has 0 saturated heterocycles. The molecule has 3 rings (SSSR count). The number of amides is 1. The van der Waals surface area contributed by atoms with Crippen LogP contribution in [0, 0.1) is 0 Å². The highest BCUT2D eigenvalue weighted by molar-refractivity contribution is 7.99. The summed E-state index contributed by atoms with van der Waals surface area (Å²) in [6, 6.07) is 21.2. The molecule has 0 bridgehead atoms. The Morgan fingerprint density at radius 3 is 2.04 bits per heavy atom. The van der Waals surface area contributed by atoms with E-state index in [1.54, 1.807) is 0 Å². The van der Waals surface area contributed by atoms with Crippen molar-refractivity contribution in [1.82, 2.24) is 14.9 Å². The van der Waals surface area contributed by atoms with Gasteiger partial charge in [-0.2, -0.15) is 0 Å². The number of nitrogens with zero attached hydrogens (tertiary/aromatic N) is 2. The number of aromatic amines is 1. The number of hydrogen-bond donors (Lipinski definition) is 1. The molecular formula is C20H19N3O2S. The van der Waals surface area contributed by atoms with E-state index in [0.29, 0.717) is 18.2 Å². The van der Waals surface area contributed by atoms with Gasteiger partial charge in [-0.05, 0) is 11.1 Å². The van der Waals surface area contributed by atoms with Crippen LogP contribution in [0.1, 0.15) is 11.1 Å². The van der Waals surface area contributed by atoms with Crippen molar-refractivity contribution < 1.29 is 4.79 Å². The van der Waals surface area contributed by atoms with Crippen LogP contribution in [0.25, 0.3) is 0 Å². The summed E-state index contributed by atoms with van der Waals surface area (Å²) in [6.07, 6.45) is 1.44. The molecule has 0 radical (unpaired) electrons. The molecule has 0 atom stereocenters. The number of aromatic nitrogens is 2. The average Bonchev–Trinajstić information content (AvgIpc) is 2.67. The summed E-state index contributed by atoms with van der Waals surface area (Å²) in [5, 5.41) is 0.449. The summed E-state index contributed by atoms with van der Waals surface area (Å²) < 4.78 is 0. The van der Waals surface area contributed by atoms with Gasteiger partial charge in [0, 0.05) is 25.4 Å². The van der Waals surface area contributed by atoms with E-state index in [0.717, 1.165) is 11.1 Å². The molecule has 2 aromatic carbocycles. The van der Waals surface area contributed by atoms with Crippen molar-refractivity contribution in [3.05, 3.63) is 94.4 Å². The van der Waals surface area contributed by atoms with Crippen molar-refractivity contribution in [2.75, 3.05) is 5.75 Å². The SMILES string of the molecule is O=C(CSc1nccc(=O)[nH]1)N(Cc1ccccc1)Cc1ccccc1. The Hall–Kier alpha value is -2.86. The maximum atomic E-state index is 12.8. The van der Waals surface area contributed by atoms with E-state index in [2.05, 4.69) is 9.97 Å². The smallest absolute Gasteiger partial charge is 0.251 e. The van der Waals surface area contributed by atoms with Gasteiger partial charge in [0.1, 0.15) is 0 Å². The van der Waals surface area contributed by atoms with Crippen molar-refractivity contribution in [1.29, 1.82) is 0 Å². The van der Waals surface area contributed by atoms with Gasteiger partial charge in [-0.15, -0.1) is 0 Å². The number of thioether (sulfide) groups is 1. The second kappa shape index (κ2) is 9.01. The Kier molecular flexibility index (Phi) is 6.22. The monoisotopic (exact) mass is 365 g/mol. The molecule has 3 aromatic rings. The third-order valence-electron chi connectivity index (χ3n) is 3.77. The Bertz CT molecular complexity index is 856. The lowest BCUT2D eigenvalue weighted by molar-refractivity contribution is -0.129. The predicted octanol–water partition coefficient (Wildman–Crippen LogP) is 3.09. The van der Waals surface area contributed by atoms with Crippen LogP contribution in [-0.4, -0.2) is 26.5 Å². The largest absolute Gasteiger partial charge is 0.333 e. The van der Waals surface area contributed by atoms with Gasteiger partial charge in [0.25, 0.3) is 5.56 Å². The predicted molar refractivity (Wildman–Crippen MR) is 103 cm³/mol. The molecule has 1 amide bonds. The lowest BCUT2D eigenvalue weighted by atomic mass is 10.1. The standard InChI is InChI=1S/C20H19N3O2S/c24-18-11-12-21-20(22-18)26-15-19(25)23(13-16-7-3-1-4-8-16)14-17-9-5-2-6-10-17/h1-12H,13-15H2,(H,21,22,24). The molecule has 6 heteroatoms. The summed E-state index contributed by atoms with van der Waals surface area (Å²) in [5.74, 6) is 0.210. The van der Waals surface area contributed by atoms with E-state index in [-0.39, 0.29) is 17.2 Å². The van der Waals surface area contributed by atoms with Crippen LogP contribution >= 0.6 is 11.8 Å². The molecule has 0 fully saturated rings. The number of carbonyl (C=O) groups is 1. The molecule has 0 aliphatic rings. The van der Waals surface area contributed by atoms with Crippen LogP contribution in [0.5, 0.6) is 0 Å². The topological polar surface area (TPSA) is 66.1 Å². The highest BCUT2D eigenvalue weighted by Gasteiger charge is 2.15. The van der Waals surface area contributed by atoms with Crippen molar-refractivity contribution in [3.8, 4) is 0 Å². The van der Waals surface area contributed by atoms with Crippen LogP contribution in [0.15, 0.2) is 82.9 Å². The van der Waals surface area contributed by atoms with Gasteiger partial charge in [-0.3, -0.25) is 9.59 Å². The van der Waals surface area contributed by atoms with Crippen LogP contribution < -0.4 is 5.56 Å². The quantitative estimate of drug-likeness (QED) is 0.516. The van der Waals surface area contributed by atoms with Crippen molar-refractivity contribution in [3.63, 3.8) is 0 Å². The minimum Gasteiger partial charge on any atom is -0.333 e. The van der Waals surface area contributed by atoms with Crippen LogP contribution in [0.4, 0.5) is 0 Å². The summed E-state index contributed by atoms with van der Waals surface area (Å²) in [4.78, 5) is 32.7. The van der Waals surface area contributed by atoms with Gasteiger partial charge >= 0.3 is 0 Å². The second-order valence-corrected chi connectivity index (χ2v) is 6.71. The Morgan fingerprint density at radius 1 is 0.923 bits per heavy atom. The summed E-state index contributed by atoms with van der Waals surface area (Å²) in [5.41, 5.74) is 1.93. The third kappa shape index (κ3) is 5.32. The van der Waals surface area contributed by atoms with Gasteiger partial charge in [0.2, 0.25) is 5.91 Å². The lowest BCUT2D eigenvalue weighted by Crippen LogP contribution is -2.31. The number of benzene rings is 2. The molecule has 132 valence electrons. The number of H-pyrrole nitrogens is 1. The molecule has 1 heterocycles. The zero-order chi connectivity index (χ0) is 18.2. The zero-order valence-corrected chi connectivity index (χ0v) is 15.0. The number of hydrogen-bond acceptors (Lipinski definition) is 4. The molecule has 0 aliphatic heterocycles. The minimum absolute atomic E-state index is 0.00536. The summed E-state index contributed by atoms with van der Waals surface area (Å²) in [6.45, 7) is 1.07. The van der Waals surface area contributed by atoms with E-state index in [1.165, 1.54) is 24.0 Å². The molecule has 26 heavy (non-hydrogen) atoms. The first-order chi connectivity index (χ1) is 12.7. The van der Waals surface area contributed by atoms with E-state index in [1.807, 2.05) is 65.6 Å². The Balaban J connectivity index is 1.70. The van der Waals surface area contributed by atoms with Crippen LogP contribution in [-0.2, 0) is 17.9 Å². The van der Waals surface area contributed by atoms with Gasteiger partial charge in [-0.1, -0.05) is 72.4 Å². The first-order valence-corrected chi connectivity index (χ1v) is 9.23. The normalized spacial score (nSPS) is 10.5. The first-order valence-electron chi connectivity index (χ1n) is 8.24. The zero-order valence-electron chi connectivity index (χ0n) is 14.2. The van der Waals surface area contributed by atoms with E-state index >= 15 is 0 Å². The fourth-order valence-corrected chi connectivity index (χ4v) is 3.24. The van der Waals surface area contributed by atoms with E-state index in [9.17, 15) is 9.59 Å². The molecular weight excluding hydrogens is 346 g/mol. The van der Waals surface area contributed by atoms with Gasteiger partial charge < -0.3 is 9.88 Å². The average molecular weight is 365 g/mol. The van der Waals surface area contributed by atoms with Crippen molar-refractivity contribution in [2.24, 2.45) is 0 Å². The molecule has 5 nitrogen and oxygen atoms in total. The fourth-order valence-electron chi connectivity index (χ4n) is 2.49. The molecule has 0 aliphatic carbocycles. The second-order valence-electron chi connectivity index (χ2n) is 5.75. The van der Waals surface area contributed by atoms with Crippen molar-refractivity contribution in [2.45, 2.75) is 18.2 Å². The number of nitrogens with one attached hydrogen (secondary N) is 1. The van der Waals surface area contributed by atoms with Crippen LogP contribution in [0.3, 0.4) is 0 Å². The number of carbonyl (C=O) groups excluding carboxylic acids is 1. The van der Waals surface area contributed by atoms with Crippen molar-refractivity contribution >= 4 is 17.7 Å². The van der Waals surface area contributed by atoms with Gasteiger partial charge in [-0.25, -0.2) is 4.98 Å². The lowest BCUT2D eigenvalue weighted by Gasteiger charge is -2.23. The first kappa shape index (κ1) is 17.9. The Morgan fingerprint density at radius 2 is 1.50 bits per heavy atom. The summed E-state index contributed by atoms with van der Waals surface area (Å²) >= 11 is 1.23. The van der Waals surface area contributed by atoms with E-state index < -0.39 is 0 Å².